The molecule has 1 aliphatic rings. The number of hydrogen-bond acceptors (Lipinski definition) is 6. The predicted molar refractivity (Wildman–Crippen MR) is 168 cm³/mol. The Bertz CT molecular complexity index is 1680. The van der Waals surface area contributed by atoms with Crippen LogP contribution in [0.25, 0.3) is 0 Å². The van der Waals surface area contributed by atoms with Gasteiger partial charge in [0.1, 0.15) is 18.2 Å². The Balaban J connectivity index is 1.45. The van der Waals surface area contributed by atoms with E-state index in [9.17, 15) is 19.7 Å². The van der Waals surface area contributed by atoms with E-state index in [4.69, 9.17) is 9.72 Å². The van der Waals surface area contributed by atoms with Crippen LogP contribution < -0.4 is 0 Å². The van der Waals surface area contributed by atoms with Gasteiger partial charge < -0.3 is 9.30 Å². The average molecular weight is 601 g/mol. The summed E-state index contributed by atoms with van der Waals surface area (Å²) in [5.74, 6) is -2.41. The lowest BCUT2D eigenvalue weighted by Crippen LogP contribution is -2.41. The molecule has 0 radical (unpaired) electrons. The Morgan fingerprint density at radius 3 is 1.87 bits per heavy atom. The lowest BCUT2D eigenvalue weighted by atomic mass is 9.76. The Morgan fingerprint density at radius 1 is 0.889 bits per heavy atom. The normalized spacial score (nSPS) is 16.2. The quantitative estimate of drug-likeness (QED) is 0.104. The van der Waals surface area contributed by atoms with Crippen molar-refractivity contribution in [2.45, 2.75) is 24.4 Å². The van der Waals surface area contributed by atoms with Gasteiger partial charge in [-0.25, -0.2) is 14.7 Å². The van der Waals surface area contributed by atoms with E-state index in [2.05, 4.69) is 0 Å². The summed E-state index contributed by atoms with van der Waals surface area (Å²) < 4.78 is 7.24. The molecule has 1 aliphatic heterocycles. The van der Waals surface area contributed by atoms with E-state index < -0.39 is 46.9 Å². The third-order valence-electron chi connectivity index (χ3n) is 8.58. The van der Waals surface area contributed by atoms with Crippen LogP contribution in [0.15, 0.2) is 134 Å². The van der Waals surface area contributed by atoms with Gasteiger partial charge in [-0.15, -0.1) is 0 Å². The second kappa shape index (κ2) is 12.6. The predicted octanol–water partition coefficient (Wildman–Crippen LogP) is 6.44. The standard InChI is InChI=1S/C36H32N4O5/c1-26(34(41)40-33(24-45-35(40)42)27-14-6-2-7-15-27)31(22-39(43)44)32-23-38(25-37-32)36(28-16-8-3-9-17-28,29-18-10-4-11-19-29)30-20-12-5-13-21-30/h2-21,23,25-26,31,33H,22,24H2,1H3/t26-,31+,33-/m1/s1. The van der Waals surface area contributed by atoms with Crippen molar-refractivity contribution >= 4 is 12.0 Å². The topological polar surface area (TPSA) is 108 Å². The number of nitro groups is 1. The Kier molecular flexibility index (Phi) is 8.24. The van der Waals surface area contributed by atoms with E-state index in [0.29, 0.717) is 5.69 Å². The van der Waals surface area contributed by atoms with Crippen molar-refractivity contribution in [3.63, 3.8) is 0 Å². The molecule has 2 amide bonds. The molecule has 3 atom stereocenters. The summed E-state index contributed by atoms with van der Waals surface area (Å²) in [6.07, 6.45) is 2.70. The summed E-state index contributed by atoms with van der Waals surface area (Å²) >= 11 is 0. The third kappa shape index (κ3) is 5.48. The second-order valence-corrected chi connectivity index (χ2v) is 11.1. The van der Waals surface area contributed by atoms with Crippen LogP contribution in [-0.4, -0.2) is 44.5 Å². The number of cyclic esters (lactones) is 1. The first-order chi connectivity index (χ1) is 21.9. The molecule has 0 bridgehead atoms. The average Bonchev–Trinajstić information content (AvgIpc) is 3.73. The van der Waals surface area contributed by atoms with Crippen LogP contribution in [0.4, 0.5) is 4.79 Å². The first kappa shape index (κ1) is 29.5. The van der Waals surface area contributed by atoms with Crippen LogP contribution in [0.1, 0.15) is 46.8 Å². The van der Waals surface area contributed by atoms with E-state index in [0.717, 1.165) is 27.2 Å². The third-order valence-corrected chi connectivity index (χ3v) is 8.58. The Labute approximate surface area is 260 Å². The lowest BCUT2D eigenvalue weighted by molar-refractivity contribution is -0.484. The monoisotopic (exact) mass is 600 g/mol. The van der Waals surface area contributed by atoms with Crippen molar-refractivity contribution in [1.82, 2.24) is 14.5 Å². The molecule has 5 aromatic rings. The largest absolute Gasteiger partial charge is 0.446 e. The van der Waals surface area contributed by atoms with Crippen LogP contribution in [0.2, 0.25) is 0 Å². The van der Waals surface area contributed by atoms with Gasteiger partial charge in [0.2, 0.25) is 12.5 Å². The molecule has 0 N–H and O–H groups in total. The van der Waals surface area contributed by atoms with Crippen molar-refractivity contribution in [2.75, 3.05) is 13.2 Å². The number of amides is 2. The van der Waals surface area contributed by atoms with E-state index in [1.54, 1.807) is 19.4 Å². The number of rotatable bonds is 10. The van der Waals surface area contributed by atoms with Crippen molar-refractivity contribution in [1.29, 1.82) is 0 Å². The SMILES string of the molecule is C[C@@H](C(=O)N1C(=O)OC[C@@H]1c1ccccc1)[C@H](C[N+](=O)[O-])c1cn(C(c2ccccc2)(c2ccccc2)c2ccccc2)cn1. The first-order valence-corrected chi connectivity index (χ1v) is 14.8. The highest BCUT2D eigenvalue weighted by Gasteiger charge is 2.45. The van der Waals surface area contributed by atoms with E-state index in [1.807, 2.05) is 126 Å². The molecular weight excluding hydrogens is 568 g/mol. The van der Waals surface area contributed by atoms with Gasteiger partial charge in [-0.2, -0.15) is 0 Å². The van der Waals surface area contributed by atoms with Gasteiger partial charge in [-0.3, -0.25) is 14.9 Å². The number of benzene rings is 4. The van der Waals surface area contributed by atoms with Gasteiger partial charge in [0.25, 0.3) is 0 Å². The van der Waals surface area contributed by atoms with Crippen molar-refractivity contribution in [3.05, 3.63) is 172 Å². The summed E-state index contributed by atoms with van der Waals surface area (Å²) in [5, 5.41) is 12.0. The molecule has 0 aliphatic carbocycles. The molecule has 0 spiro atoms. The van der Waals surface area contributed by atoms with Crippen LogP contribution >= 0.6 is 0 Å². The number of carbonyl (C=O) groups excluding carboxylic acids is 2. The van der Waals surface area contributed by atoms with Gasteiger partial charge in [0.05, 0.1) is 23.9 Å². The number of carbonyl (C=O) groups is 2. The molecule has 0 saturated carbocycles. The highest BCUT2D eigenvalue weighted by Crippen LogP contribution is 2.42. The molecule has 9 heteroatoms. The molecule has 4 aromatic carbocycles. The van der Waals surface area contributed by atoms with Gasteiger partial charge in [-0.1, -0.05) is 128 Å². The summed E-state index contributed by atoms with van der Waals surface area (Å²) in [6.45, 7) is 1.09. The number of imidazole rings is 1. The highest BCUT2D eigenvalue weighted by atomic mass is 16.6. The number of ether oxygens (including phenoxy) is 1. The Hall–Kier alpha value is -5.57. The number of nitrogens with zero attached hydrogens (tertiary/aromatic N) is 4. The maximum absolute atomic E-state index is 14.0. The molecule has 226 valence electrons. The van der Waals surface area contributed by atoms with E-state index >= 15 is 0 Å². The number of aromatic nitrogens is 2. The number of imide groups is 1. The molecule has 2 heterocycles. The van der Waals surface area contributed by atoms with Gasteiger partial charge in [0.15, 0.2) is 0 Å². The summed E-state index contributed by atoms with van der Waals surface area (Å²) in [6, 6.07) is 38.5. The minimum atomic E-state index is -0.949. The van der Waals surface area contributed by atoms with Crippen molar-refractivity contribution in [3.8, 4) is 0 Å². The minimum absolute atomic E-state index is 0.0174. The van der Waals surface area contributed by atoms with Crippen LogP contribution in [-0.2, 0) is 15.1 Å². The summed E-state index contributed by atoms with van der Waals surface area (Å²) in [4.78, 5) is 44.2. The molecule has 9 nitrogen and oxygen atoms in total. The van der Waals surface area contributed by atoms with Gasteiger partial charge >= 0.3 is 6.09 Å². The molecule has 6 rings (SSSR count). The smallest absolute Gasteiger partial charge is 0.417 e. The Morgan fingerprint density at radius 2 is 1.38 bits per heavy atom. The van der Waals surface area contributed by atoms with Crippen molar-refractivity contribution < 1.29 is 19.2 Å². The lowest BCUT2D eigenvalue weighted by Gasteiger charge is -2.37. The molecule has 1 aromatic heterocycles. The number of hydrogen-bond donors (Lipinski definition) is 0. The molecule has 0 unspecified atom stereocenters. The second-order valence-electron chi connectivity index (χ2n) is 11.1. The minimum Gasteiger partial charge on any atom is -0.446 e. The van der Waals surface area contributed by atoms with Crippen LogP contribution in [0.3, 0.4) is 0 Å². The van der Waals surface area contributed by atoms with E-state index in [-0.39, 0.29) is 6.61 Å². The fourth-order valence-corrected chi connectivity index (χ4v) is 6.34. The fourth-order valence-electron chi connectivity index (χ4n) is 6.34. The molecule has 1 saturated heterocycles. The van der Waals surface area contributed by atoms with Crippen LogP contribution in [0, 0.1) is 16.0 Å². The molecular formula is C36H32N4O5. The van der Waals surface area contributed by atoms with E-state index in [1.165, 1.54) is 0 Å². The maximum atomic E-state index is 14.0. The van der Waals surface area contributed by atoms with Crippen molar-refractivity contribution in [2.24, 2.45) is 5.92 Å². The van der Waals surface area contributed by atoms with Gasteiger partial charge in [0, 0.05) is 11.1 Å². The summed E-state index contributed by atoms with van der Waals surface area (Å²) in [7, 11) is 0. The highest BCUT2D eigenvalue weighted by molar-refractivity contribution is 5.95. The zero-order valence-corrected chi connectivity index (χ0v) is 24.7. The zero-order valence-electron chi connectivity index (χ0n) is 24.7. The molecule has 45 heavy (non-hydrogen) atoms. The maximum Gasteiger partial charge on any atom is 0.417 e. The first-order valence-electron chi connectivity index (χ1n) is 14.8. The van der Waals surface area contributed by atoms with Crippen LogP contribution in [0.5, 0.6) is 0 Å². The molecule has 1 fully saturated rings. The van der Waals surface area contributed by atoms with Gasteiger partial charge in [-0.05, 0) is 22.3 Å². The summed E-state index contributed by atoms with van der Waals surface area (Å²) in [5.41, 5.74) is 3.14. The fraction of sp³-hybridized carbons (Fsp3) is 0.194. The zero-order chi connectivity index (χ0) is 31.4.